The maximum absolute atomic E-state index is 11.0. The summed E-state index contributed by atoms with van der Waals surface area (Å²) in [5.74, 6) is 0.150. The maximum atomic E-state index is 11.0. The first-order valence-corrected chi connectivity index (χ1v) is 6.71. The summed E-state index contributed by atoms with van der Waals surface area (Å²) in [5, 5.41) is 13.6. The van der Waals surface area contributed by atoms with Crippen LogP contribution in [0.2, 0.25) is 0 Å². The smallest absolute Gasteiger partial charge is 0.267 e. The number of primary amides is 1. The fraction of sp³-hybridized carbons (Fsp3) is 0.571. The Morgan fingerprint density at radius 2 is 2.26 bits per heavy atom. The highest BCUT2D eigenvalue weighted by molar-refractivity contribution is 5.91. The Balaban J connectivity index is 1.95. The SMILES string of the molecule is CC1CCC(O)(CNc2ccnc(C(N)=O)c2)CC1. The number of nitrogens with zero attached hydrogens (tertiary/aromatic N) is 1. The van der Waals surface area contributed by atoms with Crippen LogP contribution in [0.1, 0.15) is 43.1 Å². The number of amides is 1. The van der Waals surface area contributed by atoms with Crippen LogP contribution in [0.5, 0.6) is 0 Å². The molecule has 5 nitrogen and oxygen atoms in total. The van der Waals surface area contributed by atoms with Crippen molar-refractivity contribution in [1.29, 1.82) is 0 Å². The van der Waals surface area contributed by atoms with E-state index in [1.54, 1.807) is 12.1 Å². The minimum atomic E-state index is -0.650. The first kappa shape index (κ1) is 13.8. The van der Waals surface area contributed by atoms with Crippen molar-refractivity contribution in [2.24, 2.45) is 11.7 Å². The minimum Gasteiger partial charge on any atom is -0.388 e. The number of anilines is 1. The van der Waals surface area contributed by atoms with E-state index in [1.165, 1.54) is 6.20 Å². The Morgan fingerprint density at radius 1 is 1.58 bits per heavy atom. The summed E-state index contributed by atoms with van der Waals surface area (Å²) >= 11 is 0. The first-order valence-electron chi connectivity index (χ1n) is 6.71. The number of carbonyl (C=O) groups excluding carboxylic acids is 1. The van der Waals surface area contributed by atoms with Gasteiger partial charge in [-0.3, -0.25) is 9.78 Å². The van der Waals surface area contributed by atoms with Crippen molar-refractivity contribution in [3.05, 3.63) is 24.0 Å². The quantitative estimate of drug-likeness (QED) is 0.768. The lowest BCUT2D eigenvalue weighted by Crippen LogP contribution is -2.40. The van der Waals surface area contributed by atoms with E-state index in [1.807, 2.05) is 0 Å². The number of nitrogens with one attached hydrogen (secondary N) is 1. The fourth-order valence-corrected chi connectivity index (χ4v) is 2.42. The average Bonchev–Trinajstić information content (AvgIpc) is 2.41. The first-order chi connectivity index (χ1) is 8.98. The number of aromatic nitrogens is 1. The molecular formula is C14H21N3O2. The molecule has 0 bridgehead atoms. The van der Waals surface area contributed by atoms with Gasteiger partial charge in [0.2, 0.25) is 0 Å². The standard InChI is InChI=1S/C14H21N3O2/c1-10-2-5-14(19,6-3-10)9-17-11-4-7-16-12(8-11)13(15)18/h4,7-8,10,19H,2-3,5-6,9H2,1H3,(H2,15,18)(H,16,17). The molecule has 1 saturated carbocycles. The average molecular weight is 263 g/mol. The van der Waals surface area contributed by atoms with Crippen molar-refractivity contribution in [2.45, 2.75) is 38.2 Å². The number of carbonyl (C=O) groups is 1. The molecule has 1 heterocycles. The van der Waals surface area contributed by atoms with Crippen LogP contribution in [0.25, 0.3) is 0 Å². The third kappa shape index (κ3) is 3.67. The maximum Gasteiger partial charge on any atom is 0.267 e. The van der Waals surface area contributed by atoms with Gasteiger partial charge in [0, 0.05) is 18.4 Å². The molecule has 19 heavy (non-hydrogen) atoms. The monoisotopic (exact) mass is 263 g/mol. The molecule has 0 aromatic carbocycles. The van der Waals surface area contributed by atoms with E-state index in [9.17, 15) is 9.90 Å². The van der Waals surface area contributed by atoms with E-state index in [0.29, 0.717) is 12.5 Å². The molecular weight excluding hydrogens is 242 g/mol. The van der Waals surface area contributed by atoms with Gasteiger partial charge in [0.15, 0.2) is 0 Å². The summed E-state index contributed by atoms with van der Waals surface area (Å²) in [7, 11) is 0. The van der Waals surface area contributed by atoms with E-state index >= 15 is 0 Å². The summed E-state index contributed by atoms with van der Waals surface area (Å²) in [4.78, 5) is 14.9. The summed E-state index contributed by atoms with van der Waals surface area (Å²) in [6, 6.07) is 3.37. The van der Waals surface area contributed by atoms with Gasteiger partial charge in [0.1, 0.15) is 5.69 Å². The molecule has 1 aliphatic carbocycles. The second kappa shape index (κ2) is 5.57. The van der Waals surface area contributed by atoms with Crippen LogP contribution in [0, 0.1) is 5.92 Å². The Bertz CT molecular complexity index is 454. The lowest BCUT2D eigenvalue weighted by Gasteiger charge is -2.35. The number of nitrogens with two attached hydrogens (primary N) is 1. The van der Waals surface area contributed by atoms with Crippen LogP contribution in [0.3, 0.4) is 0 Å². The summed E-state index contributed by atoms with van der Waals surface area (Å²) < 4.78 is 0. The highest BCUT2D eigenvalue weighted by atomic mass is 16.3. The van der Waals surface area contributed by atoms with Crippen LogP contribution in [-0.4, -0.2) is 28.1 Å². The van der Waals surface area contributed by atoms with Crippen molar-refractivity contribution < 1.29 is 9.90 Å². The molecule has 4 N–H and O–H groups in total. The zero-order valence-electron chi connectivity index (χ0n) is 11.2. The lowest BCUT2D eigenvalue weighted by molar-refractivity contribution is 0.00501. The molecule has 5 heteroatoms. The molecule has 1 fully saturated rings. The van der Waals surface area contributed by atoms with Crippen molar-refractivity contribution in [2.75, 3.05) is 11.9 Å². The fourth-order valence-electron chi connectivity index (χ4n) is 2.42. The zero-order chi connectivity index (χ0) is 13.9. The van der Waals surface area contributed by atoms with Gasteiger partial charge in [-0.1, -0.05) is 6.92 Å². The van der Waals surface area contributed by atoms with Gasteiger partial charge in [-0.15, -0.1) is 0 Å². The molecule has 0 atom stereocenters. The predicted octanol–water partition coefficient (Wildman–Crippen LogP) is 1.53. The Labute approximate surface area is 113 Å². The molecule has 1 aromatic heterocycles. The highest BCUT2D eigenvalue weighted by Crippen LogP contribution is 2.31. The second-order valence-corrected chi connectivity index (χ2v) is 5.55. The number of hydrogen-bond donors (Lipinski definition) is 3. The van der Waals surface area contributed by atoms with E-state index in [2.05, 4.69) is 17.2 Å². The van der Waals surface area contributed by atoms with Crippen molar-refractivity contribution in [3.8, 4) is 0 Å². The normalized spacial score (nSPS) is 26.9. The Hall–Kier alpha value is -1.62. The predicted molar refractivity (Wildman–Crippen MR) is 73.8 cm³/mol. The van der Waals surface area contributed by atoms with E-state index in [-0.39, 0.29) is 5.69 Å². The van der Waals surface area contributed by atoms with Crippen molar-refractivity contribution >= 4 is 11.6 Å². The molecule has 0 radical (unpaired) electrons. The van der Waals surface area contributed by atoms with Crippen molar-refractivity contribution in [1.82, 2.24) is 4.98 Å². The zero-order valence-corrected chi connectivity index (χ0v) is 11.2. The molecule has 2 rings (SSSR count). The van der Waals surface area contributed by atoms with Crippen LogP contribution in [0.15, 0.2) is 18.3 Å². The largest absolute Gasteiger partial charge is 0.388 e. The van der Waals surface area contributed by atoms with Crippen LogP contribution in [-0.2, 0) is 0 Å². The topological polar surface area (TPSA) is 88.2 Å². The van der Waals surface area contributed by atoms with Crippen LogP contribution in [0.4, 0.5) is 5.69 Å². The third-order valence-electron chi connectivity index (χ3n) is 3.84. The second-order valence-electron chi connectivity index (χ2n) is 5.55. The Kier molecular flexibility index (Phi) is 4.04. The summed E-state index contributed by atoms with van der Waals surface area (Å²) in [6.45, 7) is 2.71. The molecule has 0 saturated heterocycles. The van der Waals surface area contributed by atoms with Gasteiger partial charge in [-0.25, -0.2) is 0 Å². The Morgan fingerprint density at radius 3 is 2.89 bits per heavy atom. The number of pyridine rings is 1. The van der Waals surface area contributed by atoms with Crippen LogP contribution < -0.4 is 11.1 Å². The highest BCUT2D eigenvalue weighted by Gasteiger charge is 2.31. The van der Waals surface area contributed by atoms with E-state index in [0.717, 1.165) is 31.4 Å². The lowest BCUT2D eigenvalue weighted by atomic mass is 9.79. The van der Waals surface area contributed by atoms with Gasteiger partial charge in [-0.05, 0) is 43.7 Å². The molecule has 1 amide bonds. The van der Waals surface area contributed by atoms with Gasteiger partial charge in [-0.2, -0.15) is 0 Å². The summed E-state index contributed by atoms with van der Waals surface area (Å²) in [6.07, 6.45) is 5.28. The third-order valence-corrected chi connectivity index (χ3v) is 3.84. The molecule has 0 aliphatic heterocycles. The molecule has 0 unspecified atom stereocenters. The molecule has 104 valence electrons. The van der Waals surface area contributed by atoms with Crippen molar-refractivity contribution in [3.63, 3.8) is 0 Å². The molecule has 0 spiro atoms. The summed E-state index contributed by atoms with van der Waals surface area (Å²) in [5.41, 5.74) is 5.52. The molecule has 1 aromatic rings. The minimum absolute atomic E-state index is 0.231. The van der Waals surface area contributed by atoms with Gasteiger partial charge >= 0.3 is 0 Å². The number of aliphatic hydroxyl groups is 1. The molecule has 1 aliphatic rings. The van der Waals surface area contributed by atoms with E-state index in [4.69, 9.17) is 5.73 Å². The number of rotatable bonds is 4. The van der Waals surface area contributed by atoms with Gasteiger partial charge < -0.3 is 16.2 Å². The van der Waals surface area contributed by atoms with Gasteiger partial charge in [0.25, 0.3) is 5.91 Å². The van der Waals surface area contributed by atoms with Crippen LogP contribution >= 0.6 is 0 Å². The van der Waals surface area contributed by atoms with E-state index < -0.39 is 11.5 Å². The van der Waals surface area contributed by atoms with Gasteiger partial charge in [0.05, 0.1) is 5.60 Å². The number of hydrogen-bond acceptors (Lipinski definition) is 4.